The number of aromatic nitrogens is 1. The summed E-state index contributed by atoms with van der Waals surface area (Å²) in [6, 6.07) is 28.3. The van der Waals surface area contributed by atoms with E-state index >= 15 is 0 Å². The van der Waals surface area contributed by atoms with Gasteiger partial charge in [0.25, 0.3) is 0 Å². The predicted octanol–water partition coefficient (Wildman–Crippen LogP) is 7.13. The van der Waals surface area contributed by atoms with Gasteiger partial charge in [-0.15, -0.1) is 0 Å². The summed E-state index contributed by atoms with van der Waals surface area (Å²) in [4.78, 5) is 12.7. The van der Waals surface area contributed by atoms with Crippen LogP contribution in [0.15, 0.2) is 84.9 Å². The van der Waals surface area contributed by atoms with Crippen molar-refractivity contribution in [3.8, 4) is 16.9 Å². The second-order valence-electron chi connectivity index (χ2n) is 8.89. The Labute approximate surface area is 199 Å². The topological polar surface area (TPSA) is 51.5 Å². The van der Waals surface area contributed by atoms with Crippen LogP contribution < -0.4 is 0 Å². The molecule has 0 saturated carbocycles. The van der Waals surface area contributed by atoms with Crippen molar-refractivity contribution in [1.29, 1.82) is 0 Å². The summed E-state index contributed by atoms with van der Waals surface area (Å²) in [5.41, 5.74) is 6.75. The zero-order valence-electron chi connectivity index (χ0n) is 19.6. The molecule has 0 aliphatic carbocycles. The van der Waals surface area contributed by atoms with Crippen molar-refractivity contribution in [3.63, 3.8) is 0 Å². The molecule has 34 heavy (non-hydrogen) atoms. The quantitative estimate of drug-likeness (QED) is 0.291. The molecule has 4 nitrogen and oxygen atoms in total. The fourth-order valence-corrected chi connectivity index (χ4v) is 4.77. The molecule has 0 aliphatic rings. The number of benzene rings is 4. The Hall–Kier alpha value is -4.05. The molecule has 0 unspecified atom stereocenters. The molecule has 0 atom stereocenters. The maximum absolute atomic E-state index is 12.7. The zero-order chi connectivity index (χ0) is 23.8. The van der Waals surface area contributed by atoms with Gasteiger partial charge in [-0.3, -0.25) is 0 Å². The monoisotopic (exact) mass is 449 g/mol. The highest BCUT2D eigenvalue weighted by molar-refractivity contribution is 6.19. The Morgan fingerprint density at radius 1 is 0.882 bits per heavy atom. The smallest absolute Gasteiger partial charge is 0.338 e. The molecule has 0 aliphatic heterocycles. The van der Waals surface area contributed by atoms with Crippen LogP contribution in [0.5, 0.6) is 5.75 Å². The van der Waals surface area contributed by atoms with Gasteiger partial charge >= 0.3 is 5.97 Å². The lowest BCUT2D eigenvalue weighted by atomic mass is 9.99. The van der Waals surface area contributed by atoms with Gasteiger partial charge in [0, 0.05) is 11.9 Å². The molecule has 0 saturated heterocycles. The summed E-state index contributed by atoms with van der Waals surface area (Å²) < 4.78 is 7.27. The molecule has 5 aromatic rings. The number of fused-ring (bicyclic) bond motifs is 3. The summed E-state index contributed by atoms with van der Waals surface area (Å²) in [7, 11) is 1.38. The molecule has 4 aromatic carbocycles. The van der Waals surface area contributed by atoms with Gasteiger partial charge in [-0.2, -0.15) is 0 Å². The third-order valence-corrected chi connectivity index (χ3v) is 6.50. The second-order valence-corrected chi connectivity index (χ2v) is 8.89. The molecule has 5 rings (SSSR count). The van der Waals surface area contributed by atoms with Crippen molar-refractivity contribution >= 4 is 27.8 Å². The number of nitrogens with zero attached hydrogens (tertiary/aromatic N) is 1. The number of ether oxygens (including phenoxy) is 1. The molecule has 0 amide bonds. The Morgan fingerprint density at radius 2 is 1.62 bits per heavy atom. The molecular formula is C30H27NO3. The number of methoxy groups -OCH3 is 1. The summed E-state index contributed by atoms with van der Waals surface area (Å²) in [6.45, 7) is 4.81. The van der Waals surface area contributed by atoms with Crippen LogP contribution in [-0.4, -0.2) is 22.8 Å². The van der Waals surface area contributed by atoms with Crippen LogP contribution in [0.4, 0.5) is 0 Å². The Morgan fingerprint density at radius 3 is 2.35 bits per heavy atom. The highest BCUT2D eigenvalue weighted by Gasteiger charge is 2.22. The van der Waals surface area contributed by atoms with Gasteiger partial charge in [0.05, 0.1) is 29.1 Å². The van der Waals surface area contributed by atoms with E-state index < -0.39 is 5.97 Å². The fourth-order valence-electron chi connectivity index (χ4n) is 4.77. The zero-order valence-corrected chi connectivity index (χ0v) is 19.6. The molecule has 1 aromatic heterocycles. The first kappa shape index (κ1) is 21.8. The third-order valence-electron chi connectivity index (χ3n) is 6.50. The Kier molecular flexibility index (Phi) is 5.58. The number of phenolic OH excluding ortho intramolecular Hbond substituents is 1. The predicted molar refractivity (Wildman–Crippen MR) is 138 cm³/mol. The van der Waals surface area contributed by atoms with E-state index in [9.17, 15) is 9.90 Å². The standard InChI is InChI=1S/C30H27NO3/c1-19(2)22-16-26-29(27(32)17-22)28-24(30(33)34-3)14-9-15-25(28)31(26)18-21-12-7-8-13-23(21)20-10-5-4-6-11-20/h4-17,19,32H,18H2,1-3H3. The first-order valence-electron chi connectivity index (χ1n) is 11.5. The SMILES string of the molecule is COC(=O)c1cccc2c1c1c(O)cc(C(C)C)cc1n2Cc1ccccc1-c1ccccc1. The van der Waals surface area contributed by atoms with Gasteiger partial charge in [0.2, 0.25) is 0 Å². The molecule has 170 valence electrons. The van der Waals surface area contributed by atoms with E-state index in [0.29, 0.717) is 22.9 Å². The van der Waals surface area contributed by atoms with Crippen molar-refractivity contribution in [2.24, 2.45) is 0 Å². The summed E-state index contributed by atoms with van der Waals surface area (Å²) >= 11 is 0. The highest BCUT2D eigenvalue weighted by Crippen LogP contribution is 2.40. The number of hydrogen-bond acceptors (Lipinski definition) is 3. The van der Waals surface area contributed by atoms with Crippen molar-refractivity contribution in [2.75, 3.05) is 7.11 Å². The summed E-state index contributed by atoms with van der Waals surface area (Å²) in [6.07, 6.45) is 0. The summed E-state index contributed by atoms with van der Waals surface area (Å²) in [5.74, 6) is 0.0118. The lowest BCUT2D eigenvalue weighted by Crippen LogP contribution is -2.03. The van der Waals surface area contributed by atoms with Gasteiger partial charge in [0.15, 0.2) is 0 Å². The van der Waals surface area contributed by atoms with Gasteiger partial charge in [-0.05, 0) is 52.4 Å². The van der Waals surface area contributed by atoms with E-state index in [1.54, 1.807) is 6.07 Å². The van der Waals surface area contributed by atoms with E-state index in [1.165, 1.54) is 7.11 Å². The minimum atomic E-state index is -0.415. The summed E-state index contributed by atoms with van der Waals surface area (Å²) in [5, 5.41) is 12.5. The van der Waals surface area contributed by atoms with Crippen molar-refractivity contribution in [1.82, 2.24) is 4.57 Å². The first-order chi connectivity index (χ1) is 16.5. The van der Waals surface area contributed by atoms with Crippen molar-refractivity contribution < 1.29 is 14.6 Å². The maximum atomic E-state index is 12.7. The molecule has 0 bridgehead atoms. The largest absolute Gasteiger partial charge is 0.507 e. The van der Waals surface area contributed by atoms with Crippen LogP contribution in [0.25, 0.3) is 32.9 Å². The van der Waals surface area contributed by atoms with Crippen LogP contribution in [-0.2, 0) is 11.3 Å². The van der Waals surface area contributed by atoms with Crippen LogP contribution >= 0.6 is 0 Å². The second kappa shape index (κ2) is 8.71. The van der Waals surface area contributed by atoms with Gasteiger partial charge < -0.3 is 14.4 Å². The lowest BCUT2D eigenvalue weighted by molar-refractivity contribution is 0.0603. The number of esters is 1. The third kappa shape index (κ3) is 3.61. The Bertz CT molecular complexity index is 1510. The number of phenols is 1. The minimum Gasteiger partial charge on any atom is -0.507 e. The number of aromatic hydroxyl groups is 1. The highest BCUT2D eigenvalue weighted by atomic mass is 16.5. The van der Waals surface area contributed by atoms with E-state index in [1.807, 2.05) is 42.5 Å². The maximum Gasteiger partial charge on any atom is 0.338 e. The van der Waals surface area contributed by atoms with Gasteiger partial charge in [-0.1, -0.05) is 74.5 Å². The fraction of sp³-hybridized carbons (Fsp3) is 0.167. The molecule has 1 heterocycles. The lowest BCUT2D eigenvalue weighted by Gasteiger charge is -2.14. The van der Waals surface area contributed by atoms with Crippen molar-refractivity contribution in [3.05, 3.63) is 102 Å². The van der Waals surface area contributed by atoms with Gasteiger partial charge in [-0.25, -0.2) is 4.79 Å². The van der Waals surface area contributed by atoms with Gasteiger partial charge in [0.1, 0.15) is 5.75 Å². The molecule has 1 N–H and O–H groups in total. The van der Waals surface area contributed by atoms with E-state index in [4.69, 9.17) is 4.74 Å². The average Bonchev–Trinajstić information content (AvgIpc) is 3.18. The van der Waals surface area contributed by atoms with E-state index in [-0.39, 0.29) is 11.7 Å². The number of carbonyl (C=O) groups excluding carboxylic acids is 1. The molecule has 0 spiro atoms. The van der Waals surface area contributed by atoms with Crippen LogP contribution in [0.1, 0.15) is 41.3 Å². The van der Waals surface area contributed by atoms with Crippen LogP contribution in [0, 0.1) is 0 Å². The first-order valence-corrected chi connectivity index (χ1v) is 11.5. The number of rotatable bonds is 5. The molecule has 4 heteroatoms. The van der Waals surface area contributed by atoms with E-state index in [0.717, 1.165) is 33.3 Å². The van der Waals surface area contributed by atoms with Crippen LogP contribution in [0.3, 0.4) is 0 Å². The normalized spacial score (nSPS) is 11.4. The Balaban J connectivity index is 1.82. The van der Waals surface area contributed by atoms with Crippen molar-refractivity contribution in [2.45, 2.75) is 26.3 Å². The molecule has 0 fully saturated rings. The molecular weight excluding hydrogens is 422 g/mol. The molecule has 0 radical (unpaired) electrons. The number of carbonyl (C=O) groups is 1. The van der Waals surface area contributed by atoms with E-state index in [2.05, 4.69) is 54.8 Å². The van der Waals surface area contributed by atoms with Crippen LogP contribution in [0.2, 0.25) is 0 Å². The number of hydrogen-bond donors (Lipinski definition) is 1. The average molecular weight is 450 g/mol. The minimum absolute atomic E-state index is 0.178.